The van der Waals surface area contributed by atoms with E-state index in [0.29, 0.717) is 37.9 Å². The van der Waals surface area contributed by atoms with Crippen LogP contribution in [0.2, 0.25) is 0 Å². The quantitative estimate of drug-likeness (QED) is 0.796. The first kappa shape index (κ1) is 21.0. The zero-order valence-corrected chi connectivity index (χ0v) is 15.6. The van der Waals surface area contributed by atoms with Crippen LogP contribution in [0.25, 0.3) is 0 Å². The van der Waals surface area contributed by atoms with Crippen LogP contribution in [0.1, 0.15) is 44.9 Å². The summed E-state index contributed by atoms with van der Waals surface area (Å²) in [5.74, 6) is 0.168. The van der Waals surface area contributed by atoms with Gasteiger partial charge in [-0.1, -0.05) is 6.42 Å². The third-order valence-corrected chi connectivity index (χ3v) is 6.00. The minimum atomic E-state index is -0.392. The Hall–Kier alpha value is -0.0700. The molecule has 3 saturated heterocycles. The highest BCUT2D eigenvalue weighted by Gasteiger charge is 2.42. The molecular formula is C16H31Cl2N3O2. The number of piperidine rings is 2. The molecule has 5 nitrogen and oxygen atoms in total. The number of nitrogens with one attached hydrogen (secondary N) is 1. The van der Waals surface area contributed by atoms with Crippen molar-refractivity contribution in [2.45, 2.75) is 63.1 Å². The number of hydrogen-bond acceptors (Lipinski definition) is 4. The Bertz CT molecular complexity index is 378. The lowest BCUT2D eigenvalue weighted by molar-refractivity contribution is -0.137. The third kappa shape index (κ3) is 4.31. The van der Waals surface area contributed by atoms with Crippen molar-refractivity contribution in [1.29, 1.82) is 0 Å². The molecule has 3 heterocycles. The van der Waals surface area contributed by atoms with Gasteiger partial charge in [0.15, 0.2) is 0 Å². The summed E-state index contributed by atoms with van der Waals surface area (Å²) in [6.07, 6.45) is 7.59. The van der Waals surface area contributed by atoms with Crippen molar-refractivity contribution in [3.8, 4) is 0 Å². The summed E-state index contributed by atoms with van der Waals surface area (Å²) in [7, 11) is 2.24. The van der Waals surface area contributed by atoms with Crippen molar-refractivity contribution in [2.24, 2.45) is 11.1 Å². The number of amides is 1. The average Bonchev–Trinajstić information content (AvgIpc) is 2.49. The SMILES string of the molecule is CN1C2CCCC1CC(NC(=O)C1(CN)CCOCC1)C2.Cl.Cl. The molecule has 3 aliphatic heterocycles. The van der Waals surface area contributed by atoms with E-state index in [4.69, 9.17) is 10.5 Å². The molecule has 2 atom stereocenters. The average molecular weight is 368 g/mol. The molecule has 0 aliphatic carbocycles. The number of halogens is 2. The highest BCUT2D eigenvalue weighted by Crippen LogP contribution is 2.34. The van der Waals surface area contributed by atoms with Crippen molar-refractivity contribution < 1.29 is 9.53 Å². The third-order valence-electron chi connectivity index (χ3n) is 6.00. The van der Waals surface area contributed by atoms with Gasteiger partial charge in [0.05, 0.1) is 5.41 Å². The molecule has 7 heteroatoms. The molecule has 23 heavy (non-hydrogen) atoms. The summed E-state index contributed by atoms with van der Waals surface area (Å²) < 4.78 is 5.40. The van der Waals surface area contributed by atoms with Crippen molar-refractivity contribution in [3.05, 3.63) is 0 Å². The van der Waals surface area contributed by atoms with Gasteiger partial charge in [0.25, 0.3) is 0 Å². The number of hydrogen-bond donors (Lipinski definition) is 2. The molecule has 2 unspecified atom stereocenters. The van der Waals surface area contributed by atoms with Gasteiger partial charge in [0, 0.05) is 37.9 Å². The van der Waals surface area contributed by atoms with Crippen LogP contribution in [0.15, 0.2) is 0 Å². The molecule has 3 fully saturated rings. The van der Waals surface area contributed by atoms with Gasteiger partial charge in [-0.05, 0) is 45.6 Å². The first-order valence-corrected chi connectivity index (χ1v) is 8.45. The summed E-state index contributed by atoms with van der Waals surface area (Å²) in [6.45, 7) is 1.74. The molecule has 0 saturated carbocycles. The lowest BCUT2D eigenvalue weighted by Gasteiger charge is -2.48. The highest BCUT2D eigenvalue weighted by molar-refractivity contribution is 5.85. The molecule has 0 radical (unpaired) electrons. The van der Waals surface area contributed by atoms with Crippen LogP contribution in [0, 0.1) is 5.41 Å². The zero-order chi connectivity index (χ0) is 14.9. The monoisotopic (exact) mass is 367 g/mol. The molecular weight excluding hydrogens is 337 g/mol. The summed E-state index contributed by atoms with van der Waals surface area (Å²) >= 11 is 0. The molecule has 1 amide bonds. The van der Waals surface area contributed by atoms with Gasteiger partial charge in [-0.15, -0.1) is 24.8 Å². The predicted molar refractivity (Wildman–Crippen MR) is 96.4 cm³/mol. The Labute approximate surface area is 151 Å². The number of carbonyl (C=O) groups excluding carboxylic acids is 1. The van der Waals surface area contributed by atoms with Crippen molar-refractivity contribution >= 4 is 30.7 Å². The highest BCUT2D eigenvalue weighted by atomic mass is 35.5. The lowest BCUT2D eigenvalue weighted by atomic mass is 9.78. The summed E-state index contributed by atoms with van der Waals surface area (Å²) in [6, 6.07) is 1.62. The first-order valence-electron chi connectivity index (χ1n) is 8.45. The fraction of sp³-hybridized carbons (Fsp3) is 0.938. The van der Waals surface area contributed by atoms with Crippen molar-refractivity contribution in [2.75, 3.05) is 26.8 Å². The summed E-state index contributed by atoms with van der Waals surface area (Å²) in [5.41, 5.74) is 5.54. The van der Waals surface area contributed by atoms with E-state index in [2.05, 4.69) is 17.3 Å². The van der Waals surface area contributed by atoms with E-state index in [1.807, 2.05) is 0 Å². The minimum Gasteiger partial charge on any atom is -0.381 e. The van der Waals surface area contributed by atoms with Crippen LogP contribution < -0.4 is 11.1 Å². The number of nitrogens with zero attached hydrogens (tertiary/aromatic N) is 1. The van der Waals surface area contributed by atoms with Crippen LogP contribution in [0.4, 0.5) is 0 Å². The Morgan fingerprint density at radius 3 is 2.30 bits per heavy atom. The number of ether oxygens (including phenoxy) is 1. The van der Waals surface area contributed by atoms with Crippen LogP contribution in [-0.4, -0.2) is 55.7 Å². The normalized spacial score (nSPS) is 33.0. The Balaban J connectivity index is 0.00000132. The fourth-order valence-corrected chi connectivity index (χ4v) is 4.36. The molecule has 3 N–H and O–H groups in total. The standard InChI is InChI=1S/C16H29N3O2.2ClH/c1-19-13-3-2-4-14(19)10-12(9-13)18-15(20)16(11-17)5-7-21-8-6-16;;/h12-14H,2-11,17H2,1H3,(H,18,20);2*1H. The van der Waals surface area contributed by atoms with Gasteiger partial charge in [-0.3, -0.25) is 4.79 Å². The molecule has 0 aromatic heterocycles. The summed E-state index contributed by atoms with van der Waals surface area (Å²) in [4.78, 5) is 15.3. The molecule has 0 spiro atoms. The molecule has 3 aliphatic rings. The first-order chi connectivity index (χ1) is 10.1. The minimum absolute atomic E-state index is 0. The smallest absolute Gasteiger partial charge is 0.227 e. The fourth-order valence-electron chi connectivity index (χ4n) is 4.36. The Morgan fingerprint density at radius 1 is 1.22 bits per heavy atom. The second kappa shape index (κ2) is 8.86. The molecule has 3 rings (SSSR count). The van der Waals surface area contributed by atoms with E-state index in [0.717, 1.165) is 25.7 Å². The van der Waals surface area contributed by atoms with Gasteiger partial charge in [0.1, 0.15) is 0 Å². The van der Waals surface area contributed by atoms with E-state index in [-0.39, 0.29) is 30.7 Å². The Kier molecular flexibility index (Phi) is 8.08. The van der Waals surface area contributed by atoms with Crippen LogP contribution in [0.5, 0.6) is 0 Å². The zero-order valence-electron chi connectivity index (χ0n) is 14.0. The molecule has 136 valence electrons. The second-order valence-electron chi connectivity index (χ2n) is 7.14. The van der Waals surface area contributed by atoms with E-state index in [1.165, 1.54) is 19.3 Å². The number of rotatable bonds is 3. The number of carbonyl (C=O) groups is 1. The summed E-state index contributed by atoms with van der Waals surface area (Å²) in [5, 5.41) is 3.33. The topological polar surface area (TPSA) is 67.6 Å². The van der Waals surface area contributed by atoms with Crippen LogP contribution in [-0.2, 0) is 9.53 Å². The van der Waals surface area contributed by atoms with E-state index >= 15 is 0 Å². The van der Waals surface area contributed by atoms with Gasteiger partial charge in [0.2, 0.25) is 5.91 Å². The van der Waals surface area contributed by atoms with Gasteiger partial charge >= 0.3 is 0 Å². The maximum absolute atomic E-state index is 12.8. The van der Waals surface area contributed by atoms with Gasteiger partial charge < -0.3 is 20.7 Å². The van der Waals surface area contributed by atoms with E-state index < -0.39 is 5.41 Å². The second-order valence-corrected chi connectivity index (χ2v) is 7.14. The molecule has 0 aromatic rings. The van der Waals surface area contributed by atoms with E-state index in [9.17, 15) is 4.79 Å². The number of nitrogens with two attached hydrogens (primary N) is 1. The lowest BCUT2D eigenvalue weighted by Crippen LogP contribution is -2.58. The number of fused-ring (bicyclic) bond motifs is 2. The van der Waals surface area contributed by atoms with Gasteiger partial charge in [-0.25, -0.2) is 0 Å². The maximum Gasteiger partial charge on any atom is 0.227 e. The van der Waals surface area contributed by atoms with Gasteiger partial charge in [-0.2, -0.15) is 0 Å². The van der Waals surface area contributed by atoms with Crippen LogP contribution >= 0.6 is 24.8 Å². The maximum atomic E-state index is 12.8. The van der Waals surface area contributed by atoms with E-state index in [1.54, 1.807) is 0 Å². The Morgan fingerprint density at radius 2 is 1.78 bits per heavy atom. The van der Waals surface area contributed by atoms with Crippen molar-refractivity contribution in [1.82, 2.24) is 10.2 Å². The van der Waals surface area contributed by atoms with Crippen LogP contribution in [0.3, 0.4) is 0 Å². The molecule has 2 bridgehead atoms. The molecule has 0 aromatic carbocycles. The predicted octanol–water partition coefficient (Wildman–Crippen LogP) is 1.72. The largest absolute Gasteiger partial charge is 0.381 e. The van der Waals surface area contributed by atoms with Crippen molar-refractivity contribution in [3.63, 3.8) is 0 Å².